The first-order chi connectivity index (χ1) is 7.71. The number of fused-ring (bicyclic) bond motifs is 2. The minimum Gasteiger partial charge on any atom is -0.474 e. The van der Waals surface area contributed by atoms with Gasteiger partial charge in [-0.25, -0.2) is 0 Å². The number of benzene rings is 1. The second-order valence-corrected chi connectivity index (χ2v) is 3.93. The van der Waals surface area contributed by atoms with Crippen molar-refractivity contribution in [3.63, 3.8) is 0 Å². The minimum absolute atomic E-state index is 0.00998. The molecule has 1 aromatic rings. The number of rotatable bonds is 0. The first kappa shape index (κ1) is 9.16. The van der Waals surface area contributed by atoms with Crippen molar-refractivity contribution in [2.45, 2.75) is 5.60 Å². The lowest BCUT2D eigenvalue weighted by atomic mass is 9.88. The van der Waals surface area contributed by atoms with Gasteiger partial charge >= 0.3 is 0 Å². The Balaban J connectivity index is 2.20. The van der Waals surface area contributed by atoms with Crippen LogP contribution in [0.3, 0.4) is 0 Å². The Morgan fingerprint density at radius 3 is 2.56 bits per heavy atom. The average Bonchev–Trinajstić information content (AvgIpc) is 2.58. The summed E-state index contributed by atoms with van der Waals surface area (Å²) in [5.41, 5.74) is 1.42. The average molecular weight is 210 g/mol. The monoisotopic (exact) mass is 210 g/mol. The van der Waals surface area contributed by atoms with Gasteiger partial charge < -0.3 is 4.74 Å². The van der Waals surface area contributed by atoms with Gasteiger partial charge in [-0.05, 0) is 24.3 Å². The Morgan fingerprint density at radius 1 is 1.12 bits per heavy atom. The van der Waals surface area contributed by atoms with Crippen molar-refractivity contribution < 1.29 is 9.53 Å². The van der Waals surface area contributed by atoms with Crippen molar-refractivity contribution in [3.8, 4) is 0 Å². The molecule has 1 aliphatic carbocycles. The Morgan fingerprint density at radius 2 is 1.81 bits per heavy atom. The molecule has 0 saturated carbocycles. The van der Waals surface area contributed by atoms with Crippen molar-refractivity contribution in [1.82, 2.24) is 0 Å². The molecule has 0 bridgehead atoms. The van der Waals surface area contributed by atoms with Crippen LogP contribution in [0.15, 0.2) is 55.1 Å². The molecule has 0 aromatic heterocycles. The Kier molecular flexibility index (Phi) is 1.69. The molecule has 2 nitrogen and oxygen atoms in total. The lowest BCUT2D eigenvalue weighted by Gasteiger charge is -2.24. The molecule has 1 aromatic carbocycles. The van der Waals surface area contributed by atoms with Gasteiger partial charge in [-0.2, -0.15) is 0 Å². The van der Waals surface area contributed by atoms with Crippen LogP contribution in [0.1, 0.15) is 11.1 Å². The van der Waals surface area contributed by atoms with Crippen molar-refractivity contribution in [2.24, 2.45) is 0 Å². The fourth-order valence-electron chi connectivity index (χ4n) is 2.15. The lowest BCUT2D eigenvalue weighted by molar-refractivity contribution is -0.110. The van der Waals surface area contributed by atoms with Gasteiger partial charge in [0.25, 0.3) is 0 Å². The van der Waals surface area contributed by atoms with Crippen LogP contribution in [0.2, 0.25) is 0 Å². The summed E-state index contributed by atoms with van der Waals surface area (Å²) < 4.78 is 5.79. The second kappa shape index (κ2) is 2.95. The number of carbonyl (C=O) groups excluding carboxylic acids is 1. The van der Waals surface area contributed by atoms with Gasteiger partial charge in [0.05, 0.1) is 0 Å². The lowest BCUT2D eigenvalue weighted by Crippen LogP contribution is -2.22. The zero-order chi connectivity index (χ0) is 11.2. The highest BCUT2D eigenvalue weighted by Crippen LogP contribution is 2.44. The van der Waals surface area contributed by atoms with Crippen LogP contribution in [0.5, 0.6) is 0 Å². The highest BCUT2D eigenvalue weighted by molar-refractivity contribution is 6.01. The number of ketones is 1. The van der Waals surface area contributed by atoms with Crippen LogP contribution in [-0.2, 0) is 15.1 Å². The molecular weight excluding hydrogens is 200 g/mol. The highest BCUT2D eigenvalue weighted by atomic mass is 16.5. The molecule has 0 unspecified atom stereocenters. The molecule has 1 aliphatic heterocycles. The van der Waals surface area contributed by atoms with Gasteiger partial charge in [0.2, 0.25) is 0 Å². The smallest absolute Gasteiger partial charge is 0.178 e. The normalized spacial score (nSPS) is 20.0. The summed E-state index contributed by atoms with van der Waals surface area (Å²) in [6.45, 7) is 3.89. The van der Waals surface area contributed by atoms with Crippen LogP contribution in [0.25, 0.3) is 5.76 Å². The predicted octanol–water partition coefficient (Wildman–Crippen LogP) is 2.58. The fourth-order valence-corrected chi connectivity index (χ4v) is 2.15. The zero-order valence-electron chi connectivity index (χ0n) is 8.64. The van der Waals surface area contributed by atoms with E-state index in [0.717, 1.165) is 11.1 Å². The van der Waals surface area contributed by atoms with Gasteiger partial charge in [0, 0.05) is 11.1 Å². The quantitative estimate of drug-likeness (QED) is 0.657. The first-order valence-electron chi connectivity index (χ1n) is 5.11. The van der Waals surface area contributed by atoms with Gasteiger partial charge in [-0.3, -0.25) is 4.79 Å². The molecular formula is C14H10O2. The van der Waals surface area contributed by atoms with Crippen molar-refractivity contribution >= 4 is 11.5 Å². The van der Waals surface area contributed by atoms with Crippen molar-refractivity contribution in [1.29, 1.82) is 0 Å². The largest absolute Gasteiger partial charge is 0.474 e. The molecule has 2 heteroatoms. The molecule has 16 heavy (non-hydrogen) atoms. The second-order valence-electron chi connectivity index (χ2n) is 3.93. The molecule has 0 amide bonds. The molecule has 0 N–H and O–H groups in total. The molecule has 78 valence electrons. The topological polar surface area (TPSA) is 26.3 Å². The van der Waals surface area contributed by atoms with Crippen LogP contribution >= 0.6 is 0 Å². The van der Waals surface area contributed by atoms with E-state index >= 15 is 0 Å². The molecule has 0 radical (unpaired) electrons. The summed E-state index contributed by atoms with van der Waals surface area (Å²) in [6.07, 6.45) is 6.64. The molecule has 1 heterocycles. The van der Waals surface area contributed by atoms with Crippen LogP contribution in [0.4, 0.5) is 0 Å². The standard InChI is InChI=1S/C14H10O2/c1-10-12-4-2-3-5-13(12)14(16-10)8-6-11(15)7-9-14/h2-9H,1H2. The Labute approximate surface area is 93.5 Å². The van der Waals surface area contributed by atoms with Crippen LogP contribution in [-0.4, -0.2) is 5.78 Å². The Hall–Kier alpha value is -2.09. The molecule has 1 spiro atoms. The molecule has 2 aliphatic rings. The zero-order valence-corrected chi connectivity index (χ0v) is 8.64. The summed E-state index contributed by atoms with van der Waals surface area (Å²) in [7, 11) is 0. The number of ether oxygens (including phenoxy) is 1. The van der Waals surface area contributed by atoms with E-state index in [2.05, 4.69) is 6.58 Å². The maximum Gasteiger partial charge on any atom is 0.178 e. The maximum atomic E-state index is 11.1. The van der Waals surface area contributed by atoms with E-state index in [-0.39, 0.29) is 5.78 Å². The number of carbonyl (C=O) groups is 1. The number of hydrogen-bond acceptors (Lipinski definition) is 2. The van der Waals surface area contributed by atoms with Gasteiger partial charge in [0.15, 0.2) is 11.4 Å². The van der Waals surface area contributed by atoms with Gasteiger partial charge in [0.1, 0.15) is 5.76 Å². The van der Waals surface area contributed by atoms with Crippen molar-refractivity contribution in [3.05, 3.63) is 66.3 Å². The van der Waals surface area contributed by atoms with Gasteiger partial charge in [-0.15, -0.1) is 0 Å². The third-order valence-electron chi connectivity index (χ3n) is 2.93. The summed E-state index contributed by atoms with van der Waals surface area (Å²) >= 11 is 0. The summed E-state index contributed by atoms with van der Waals surface area (Å²) in [6, 6.07) is 7.89. The fraction of sp³-hybridized carbons (Fsp3) is 0.0714. The van der Waals surface area contributed by atoms with Crippen molar-refractivity contribution in [2.75, 3.05) is 0 Å². The summed E-state index contributed by atoms with van der Waals surface area (Å²) in [5, 5.41) is 0. The predicted molar refractivity (Wildman–Crippen MR) is 61.5 cm³/mol. The Bertz CT molecular complexity index is 534. The minimum atomic E-state index is -0.623. The van der Waals surface area contributed by atoms with E-state index in [4.69, 9.17) is 4.74 Å². The molecule has 0 saturated heterocycles. The van der Waals surface area contributed by atoms with E-state index in [9.17, 15) is 4.79 Å². The summed E-state index contributed by atoms with van der Waals surface area (Å²) in [4.78, 5) is 11.1. The van der Waals surface area contributed by atoms with E-state index in [1.807, 2.05) is 24.3 Å². The van der Waals surface area contributed by atoms with E-state index < -0.39 is 5.60 Å². The van der Waals surface area contributed by atoms with E-state index in [1.165, 1.54) is 12.2 Å². The molecule has 0 fully saturated rings. The number of hydrogen-bond donors (Lipinski definition) is 0. The van der Waals surface area contributed by atoms with E-state index in [1.54, 1.807) is 12.2 Å². The van der Waals surface area contributed by atoms with E-state index in [0.29, 0.717) is 5.76 Å². The number of allylic oxidation sites excluding steroid dienone is 2. The van der Waals surface area contributed by atoms with Gasteiger partial charge in [-0.1, -0.05) is 30.8 Å². The molecule has 3 rings (SSSR count). The maximum absolute atomic E-state index is 11.1. The summed E-state index contributed by atoms with van der Waals surface area (Å²) in [5.74, 6) is 0.642. The third-order valence-corrected chi connectivity index (χ3v) is 2.93. The third kappa shape index (κ3) is 1.10. The van der Waals surface area contributed by atoms with Crippen LogP contribution < -0.4 is 0 Å². The van der Waals surface area contributed by atoms with Crippen LogP contribution in [0, 0.1) is 0 Å². The highest BCUT2D eigenvalue weighted by Gasteiger charge is 2.39. The first-order valence-corrected chi connectivity index (χ1v) is 5.11. The molecule has 0 atom stereocenters. The SMILES string of the molecule is C=C1OC2(C=CC(=O)C=C2)c2ccccc21.